The predicted octanol–water partition coefficient (Wildman–Crippen LogP) is 4.59. The summed E-state index contributed by atoms with van der Waals surface area (Å²) >= 11 is 6.21. The van der Waals surface area contributed by atoms with Gasteiger partial charge in [0.2, 0.25) is 0 Å². The Bertz CT molecular complexity index is 341. The molecule has 0 spiro atoms. The maximum atomic E-state index is 6.21. The summed E-state index contributed by atoms with van der Waals surface area (Å²) in [5.41, 5.74) is 3.32. The summed E-state index contributed by atoms with van der Waals surface area (Å²) in [6, 6.07) is 9.08. The lowest BCUT2D eigenvalue weighted by atomic mass is 9.82. The maximum absolute atomic E-state index is 6.21. The maximum Gasteiger partial charge on any atom is 0.0341 e. The Morgan fingerprint density at radius 3 is 2.38 bits per heavy atom. The van der Waals surface area contributed by atoms with E-state index in [0.29, 0.717) is 10.8 Å². The third kappa shape index (κ3) is 2.79. The van der Waals surface area contributed by atoms with Gasteiger partial charge >= 0.3 is 0 Å². The van der Waals surface area contributed by atoms with E-state index in [-0.39, 0.29) is 0 Å². The molecule has 0 heterocycles. The molecule has 1 heteroatoms. The summed E-state index contributed by atoms with van der Waals surface area (Å²) in [4.78, 5) is 0. The molecule has 0 aliphatic heterocycles. The summed E-state index contributed by atoms with van der Waals surface area (Å²) in [6.45, 7) is 4.58. The van der Waals surface area contributed by atoms with Crippen molar-refractivity contribution in [1.82, 2.24) is 0 Å². The molecule has 0 saturated heterocycles. The van der Waals surface area contributed by atoms with Gasteiger partial charge in [0.25, 0.3) is 0 Å². The second kappa shape index (κ2) is 4.79. The van der Waals surface area contributed by atoms with Gasteiger partial charge in [-0.2, -0.15) is 0 Å². The van der Waals surface area contributed by atoms with Gasteiger partial charge in [0.15, 0.2) is 0 Å². The van der Waals surface area contributed by atoms with Gasteiger partial charge < -0.3 is 0 Å². The van der Waals surface area contributed by atoms with Crippen LogP contribution in [0.15, 0.2) is 24.3 Å². The number of hydrogen-bond acceptors (Lipinski definition) is 0. The van der Waals surface area contributed by atoms with Gasteiger partial charge in [0, 0.05) is 5.38 Å². The van der Waals surface area contributed by atoms with Crippen molar-refractivity contribution < 1.29 is 0 Å². The van der Waals surface area contributed by atoms with Crippen LogP contribution in [-0.2, 0) is 12.8 Å². The number of rotatable bonds is 3. The Balaban J connectivity index is 2.03. The predicted molar refractivity (Wildman–Crippen MR) is 71.1 cm³/mol. The van der Waals surface area contributed by atoms with Crippen LogP contribution in [0.25, 0.3) is 0 Å². The van der Waals surface area contributed by atoms with Crippen molar-refractivity contribution in [3.63, 3.8) is 0 Å². The third-order valence-corrected chi connectivity index (χ3v) is 4.21. The van der Waals surface area contributed by atoms with Gasteiger partial charge in [-0.25, -0.2) is 0 Å². The molecule has 1 aliphatic carbocycles. The first-order valence-electron chi connectivity index (χ1n) is 6.33. The molecule has 0 aromatic heterocycles. The molecule has 0 amide bonds. The van der Waals surface area contributed by atoms with E-state index in [1.807, 2.05) is 0 Å². The fourth-order valence-corrected chi connectivity index (χ4v) is 3.27. The third-order valence-electron chi connectivity index (χ3n) is 3.84. The van der Waals surface area contributed by atoms with Crippen molar-refractivity contribution in [3.8, 4) is 0 Å². The standard InChI is InChI=1S/C15H21Cl/c1-3-12-4-6-13(7-5-12)10-15(2)9-8-14(16)11-15/h4-7,14H,3,8-11H2,1-2H3. The van der Waals surface area contributed by atoms with E-state index in [9.17, 15) is 0 Å². The summed E-state index contributed by atoms with van der Waals surface area (Å²) in [6.07, 6.45) is 5.94. The molecule has 88 valence electrons. The first-order valence-corrected chi connectivity index (χ1v) is 6.77. The van der Waals surface area contributed by atoms with E-state index in [1.54, 1.807) is 0 Å². The van der Waals surface area contributed by atoms with Gasteiger partial charge in [-0.3, -0.25) is 0 Å². The van der Waals surface area contributed by atoms with E-state index in [4.69, 9.17) is 11.6 Å². The second-order valence-corrected chi connectivity index (χ2v) is 6.11. The summed E-state index contributed by atoms with van der Waals surface area (Å²) in [7, 11) is 0. The number of aryl methyl sites for hydroxylation is 1. The first kappa shape index (κ1) is 12.0. The van der Waals surface area contributed by atoms with E-state index in [1.165, 1.54) is 36.8 Å². The number of benzene rings is 1. The molecule has 1 aromatic carbocycles. The summed E-state index contributed by atoms with van der Waals surface area (Å²) in [5, 5.41) is 0.403. The van der Waals surface area contributed by atoms with Crippen molar-refractivity contribution in [2.75, 3.05) is 0 Å². The van der Waals surface area contributed by atoms with Crippen LogP contribution in [0, 0.1) is 5.41 Å². The highest BCUT2D eigenvalue weighted by Gasteiger charge is 2.33. The molecule has 0 nitrogen and oxygen atoms in total. The fourth-order valence-electron chi connectivity index (χ4n) is 2.79. The number of hydrogen-bond donors (Lipinski definition) is 0. The van der Waals surface area contributed by atoms with Gasteiger partial charge in [0.05, 0.1) is 0 Å². The first-order chi connectivity index (χ1) is 7.61. The largest absolute Gasteiger partial charge is 0.123 e. The van der Waals surface area contributed by atoms with E-state index >= 15 is 0 Å². The molecule has 16 heavy (non-hydrogen) atoms. The van der Waals surface area contributed by atoms with Crippen molar-refractivity contribution >= 4 is 11.6 Å². The van der Waals surface area contributed by atoms with Crippen LogP contribution in [-0.4, -0.2) is 5.38 Å². The lowest BCUT2D eigenvalue weighted by molar-refractivity contribution is 0.335. The molecular formula is C15H21Cl. The van der Waals surface area contributed by atoms with Crippen LogP contribution in [0.3, 0.4) is 0 Å². The lowest BCUT2D eigenvalue weighted by Gasteiger charge is -2.23. The lowest BCUT2D eigenvalue weighted by Crippen LogP contribution is -2.15. The van der Waals surface area contributed by atoms with E-state index in [0.717, 1.165) is 6.42 Å². The molecular weight excluding hydrogens is 216 g/mol. The van der Waals surface area contributed by atoms with Crippen LogP contribution >= 0.6 is 11.6 Å². The SMILES string of the molecule is CCc1ccc(CC2(C)CCC(Cl)C2)cc1. The summed E-state index contributed by atoms with van der Waals surface area (Å²) < 4.78 is 0. The molecule has 1 fully saturated rings. The van der Waals surface area contributed by atoms with Gasteiger partial charge in [0.1, 0.15) is 0 Å². The van der Waals surface area contributed by atoms with Crippen molar-refractivity contribution in [1.29, 1.82) is 0 Å². The smallest absolute Gasteiger partial charge is 0.0341 e. The van der Waals surface area contributed by atoms with Crippen LogP contribution in [0.1, 0.15) is 44.2 Å². The molecule has 2 atom stereocenters. The molecule has 0 radical (unpaired) electrons. The van der Waals surface area contributed by atoms with E-state index in [2.05, 4.69) is 38.1 Å². The molecule has 1 aromatic rings. The molecule has 2 rings (SSSR count). The van der Waals surface area contributed by atoms with Crippen molar-refractivity contribution in [2.45, 2.75) is 51.3 Å². The number of halogens is 1. The molecule has 2 unspecified atom stereocenters. The highest BCUT2D eigenvalue weighted by atomic mass is 35.5. The topological polar surface area (TPSA) is 0 Å². The molecule has 0 bridgehead atoms. The van der Waals surface area contributed by atoms with E-state index < -0.39 is 0 Å². The average Bonchev–Trinajstić information content (AvgIpc) is 2.59. The van der Waals surface area contributed by atoms with Crippen LogP contribution in [0.5, 0.6) is 0 Å². The Morgan fingerprint density at radius 2 is 1.88 bits per heavy atom. The highest BCUT2D eigenvalue weighted by Crippen LogP contribution is 2.42. The minimum Gasteiger partial charge on any atom is -0.123 e. The molecule has 1 saturated carbocycles. The van der Waals surface area contributed by atoms with Crippen LogP contribution in [0.4, 0.5) is 0 Å². The number of alkyl halides is 1. The zero-order chi connectivity index (χ0) is 11.6. The minimum absolute atomic E-state index is 0.403. The quantitative estimate of drug-likeness (QED) is 0.674. The van der Waals surface area contributed by atoms with Gasteiger partial charge in [-0.1, -0.05) is 38.1 Å². The average molecular weight is 237 g/mol. The van der Waals surface area contributed by atoms with Crippen molar-refractivity contribution in [2.24, 2.45) is 5.41 Å². The molecule has 0 N–H and O–H groups in total. The summed E-state index contributed by atoms with van der Waals surface area (Å²) in [5.74, 6) is 0. The molecule has 1 aliphatic rings. The Kier molecular flexibility index (Phi) is 3.59. The fraction of sp³-hybridized carbons (Fsp3) is 0.600. The van der Waals surface area contributed by atoms with Gasteiger partial charge in [-0.05, 0) is 48.6 Å². The zero-order valence-electron chi connectivity index (χ0n) is 10.3. The monoisotopic (exact) mass is 236 g/mol. The highest BCUT2D eigenvalue weighted by molar-refractivity contribution is 6.20. The Morgan fingerprint density at radius 1 is 1.25 bits per heavy atom. The normalized spacial score (nSPS) is 29.6. The van der Waals surface area contributed by atoms with Crippen LogP contribution in [0.2, 0.25) is 0 Å². The van der Waals surface area contributed by atoms with Crippen LogP contribution < -0.4 is 0 Å². The Labute approximate surface area is 104 Å². The zero-order valence-corrected chi connectivity index (χ0v) is 11.1. The Hall–Kier alpha value is -0.490. The van der Waals surface area contributed by atoms with Crippen molar-refractivity contribution in [3.05, 3.63) is 35.4 Å². The van der Waals surface area contributed by atoms with Gasteiger partial charge in [-0.15, -0.1) is 11.6 Å². The second-order valence-electron chi connectivity index (χ2n) is 5.50. The minimum atomic E-state index is 0.403.